The van der Waals surface area contributed by atoms with E-state index in [-0.39, 0.29) is 12.3 Å². The lowest BCUT2D eigenvalue weighted by Crippen LogP contribution is -2.10. The molecule has 2 nitrogen and oxygen atoms in total. The van der Waals surface area contributed by atoms with Crippen molar-refractivity contribution in [3.63, 3.8) is 0 Å². The van der Waals surface area contributed by atoms with Crippen LogP contribution in [-0.4, -0.2) is 19.1 Å². The van der Waals surface area contributed by atoms with Gasteiger partial charge in [-0.15, -0.1) is 0 Å². The Kier molecular flexibility index (Phi) is 3.11. The fourth-order valence-corrected chi connectivity index (χ4v) is 0.799. The van der Waals surface area contributed by atoms with Crippen molar-refractivity contribution in [1.82, 2.24) is 0 Å². The summed E-state index contributed by atoms with van der Waals surface area (Å²) in [5.41, 5.74) is -0.749. The van der Waals surface area contributed by atoms with Crippen molar-refractivity contribution in [2.75, 3.05) is 6.54 Å². The van der Waals surface area contributed by atoms with Gasteiger partial charge >= 0.3 is 6.18 Å². The number of rotatable bonds is 0. The van der Waals surface area contributed by atoms with Crippen molar-refractivity contribution in [2.45, 2.75) is 6.18 Å². The molecular weight excluding hydrogens is 195 g/mol. The van der Waals surface area contributed by atoms with Crippen molar-refractivity contribution in [3.05, 3.63) is 36.1 Å². The Bertz CT molecular complexity index is 313. The van der Waals surface area contributed by atoms with Gasteiger partial charge < -0.3 is 4.74 Å². The lowest BCUT2D eigenvalue weighted by Gasteiger charge is -2.06. The number of allylic oxidation sites excluding steroid dienone is 3. The van der Waals surface area contributed by atoms with E-state index in [2.05, 4.69) is 11.6 Å². The van der Waals surface area contributed by atoms with Crippen molar-refractivity contribution in [1.29, 1.82) is 0 Å². The van der Waals surface area contributed by atoms with Gasteiger partial charge in [0.25, 0.3) is 0 Å². The van der Waals surface area contributed by atoms with E-state index in [1.54, 1.807) is 0 Å². The Morgan fingerprint density at radius 3 is 2.71 bits per heavy atom. The monoisotopic (exact) mass is 203 g/mol. The molecule has 0 fully saturated rings. The third-order valence-electron chi connectivity index (χ3n) is 1.47. The molecular formula is C9H8F3NO. The minimum Gasteiger partial charge on any atom is -0.447 e. The normalized spacial score (nSPS) is 26.2. The van der Waals surface area contributed by atoms with Crippen molar-refractivity contribution in [2.24, 2.45) is 4.99 Å². The van der Waals surface area contributed by atoms with Gasteiger partial charge in [0.1, 0.15) is 5.76 Å². The largest absolute Gasteiger partial charge is 0.447 e. The predicted molar refractivity (Wildman–Crippen MR) is 46.9 cm³/mol. The quantitative estimate of drug-likeness (QED) is 0.593. The van der Waals surface area contributed by atoms with Crippen LogP contribution in [0.4, 0.5) is 13.2 Å². The Labute approximate surface area is 79.1 Å². The van der Waals surface area contributed by atoms with E-state index in [4.69, 9.17) is 4.74 Å². The molecule has 14 heavy (non-hydrogen) atoms. The summed E-state index contributed by atoms with van der Waals surface area (Å²) in [5, 5.41) is 0. The number of nitrogens with zero attached hydrogens (tertiary/aromatic N) is 1. The molecule has 0 bridgehead atoms. The van der Waals surface area contributed by atoms with Crippen LogP contribution in [-0.2, 0) is 4.74 Å². The van der Waals surface area contributed by atoms with Crippen LogP contribution in [0.5, 0.6) is 0 Å². The SMILES string of the molecule is C=C1/C=C\C(C(F)(F)F)=C/C/N=C\O1. The standard InChI is InChI=1S/C9H8F3NO/c1-7-2-3-8(9(10,11)12)4-5-13-6-14-7/h2-4,6H,1,5H2/b3-2-,8-4+,13-6-. The molecule has 5 heteroatoms. The van der Waals surface area contributed by atoms with E-state index in [1.807, 2.05) is 0 Å². The van der Waals surface area contributed by atoms with Crippen LogP contribution in [0.3, 0.4) is 0 Å². The average molecular weight is 203 g/mol. The highest BCUT2D eigenvalue weighted by molar-refractivity contribution is 5.50. The zero-order chi connectivity index (χ0) is 10.6. The molecule has 0 unspecified atom stereocenters. The summed E-state index contributed by atoms with van der Waals surface area (Å²) in [5.74, 6) is 0.116. The molecule has 0 N–H and O–H groups in total. The Hall–Kier alpha value is -1.52. The van der Waals surface area contributed by atoms with Crippen molar-refractivity contribution < 1.29 is 17.9 Å². The first-order chi connectivity index (χ1) is 6.50. The molecule has 1 aliphatic heterocycles. The number of alkyl halides is 3. The third kappa shape index (κ3) is 3.08. The van der Waals surface area contributed by atoms with Gasteiger partial charge in [0, 0.05) is 0 Å². The average Bonchev–Trinajstić information content (AvgIpc) is 2.15. The van der Waals surface area contributed by atoms with Crippen LogP contribution in [0.2, 0.25) is 0 Å². The maximum absolute atomic E-state index is 12.3. The Balaban J connectivity index is 2.92. The Morgan fingerprint density at radius 1 is 1.36 bits per heavy atom. The van der Waals surface area contributed by atoms with Gasteiger partial charge in [-0.25, -0.2) is 0 Å². The minimum atomic E-state index is -4.36. The first kappa shape index (κ1) is 10.6. The molecule has 0 saturated carbocycles. The van der Waals surface area contributed by atoms with E-state index < -0.39 is 11.7 Å². The summed E-state index contributed by atoms with van der Waals surface area (Å²) < 4.78 is 41.6. The molecule has 1 heterocycles. The molecule has 0 aromatic heterocycles. The first-order valence-electron chi connectivity index (χ1n) is 3.79. The van der Waals surface area contributed by atoms with Gasteiger partial charge in [-0.05, 0) is 12.2 Å². The highest BCUT2D eigenvalue weighted by Crippen LogP contribution is 2.26. The number of ether oxygens (including phenoxy) is 1. The van der Waals surface area contributed by atoms with Gasteiger partial charge in [-0.1, -0.05) is 12.7 Å². The van der Waals surface area contributed by atoms with Crippen LogP contribution in [0.1, 0.15) is 0 Å². The highest BCUT2D eigenvalue weighted by atomic mass is 19.4. The third-order valence-corrected chi connectivity index (χ3v) is 1.47. The number of aliphatic imine (C=N–C) groups is 1. The maximum Gasteiger partial charge on any atom is 0.416 e. The summed E-state index contributed by atoms with van der Waals surface area (Å²) in [4.78, 5) is 3.58. The van der Waals surface area contributed by atoms with E-state index in [9.17, 15) is 13.2 Å². The van der Waals surface area contributed by atoms with Crippen molar-refractivity contribution in [3.8, 4) is 0 Å². The molecule has 1 aliphatic rings. The molecule has 1 rings (SSSR count). The summed E-state index contributed by atoms with van der Waals surface area (Å²) in [6, 6.07) is 0. The van der Waals surface area contributed by atoms with Gasteiger partial charge in [0.15, 0.2) is 6.40 Å². The lowest BCUT2D eigenvalue weighted by molar-refractivity contribution is -0.0883. The minimum absolute atomic E-state index is 0.0630. The van der Waals surface area contributed by atoms with E-state index >= 15 is 0 Å². The lowest BCUT2D eigenvalue weighted by atomic mass is 10.2. The molecule has 0 radical (unpaired) electrons. The second-order valence-electron chi connectivity index (χ2n) is 2.55. The molecule has 0 saturated heterocycles. The van der Waals surface area contributed by atoms with Crippen molar-refractivity contribution >= 4 is 6.40 Å². The van der Waals surface area contributed by atoms with E-state index in [1.165, 1.54) is 0 Å². The predicted octanol–water partition coefficient (Wildman–Crippen LogP) is 2.60. The van der Waals surface area contributed by atoms with Crippen LogP contribution < -0.4 is 0 Å². The van der Waals surface area contributed by atoms with Crippen LogP contribution in [0.15, 0.2) is 41.1 Å². The maximum atomic E-state index is 12.3. The molecule has 0 atom stereocenters. The van der Waals surface area contributed by atoms with Gasteiger partial charge in [-0.3, -0.25) is 4.99 Å². The van der Waals surface area contributed by atoms with Crippen LogP contribution in [0, 0.1) is 0 Å². The summed E-state index contributed by atoms with van der Waals surface area (Å²) in [6.07, 6.45) is -0.248. The molecule has 76 valence electrons. The van der Waals surface area contributed by atoms with Crippen LogP contribution in [0.25, 0.3) is 0 Å². The molecule has 0 aromatic carbocycles. The first-order valence-corrected chi connectivity index (χ1v) is 3.79. The summed E-state index contributed by atoms with van der Waals surface area (Å²) >= 11 is 0. The molecule has 0 aromatic rings. The topological polar surface area (TPSA) is 21.6 Å². The smallest absolute Gasteiger partial charge is 0.416 e. The van der Waals surface area contributed by atoms with E-state index in [0.29, 0.717) is 0 Å². The van der Waals surface area contributed by atoms with Gasteiger partial charge in [0.05, 0.1) is 12.1 Å². The Morgan fingerprint density at radius 2 is 2.07 bits per heavy atom. The van der Waals surface area contributed by atoms with E-state index in [0.717, 1.165) is 24.6 Å². The number of hydrogen-bond donors (Lipinski definition) is 0. The van der Waals surface area contributed by atoms with Gasteiger partial charge in [0.2, 0.25) is 0 Å². The fourth-order valence-electron chi connectivity index (χ4n) is 0.799. The number of halogens is 3. The second kappa shape index (κ2) is 4.13. The zero-order valence-corrected chi connectivity index (χ0v) is 7.21. The molecule has 0 amide bonds. The highest BCUT2D eigenvalue weighted by Gasteiger charge is 2.31. The summed E-state index contributed by atoms with van der Waals surface area (Å²) in [7, 11) is 0. The fraction of sp³-hybridized carbons (Fsp3) is 0.222. The summed E-state index contributed by atoms with van der Waals surface area (Å²) in [6.45, 7) is 3.32. The molecule has 0 aliphatic carbocycles. The second-order valence-corrected chi connectivity index (χ2v) is 2.55. The number of hydrogen-bond acceptors (Lipinski definition) is 2. The zero-order valence-electron chi connectivity index (χ0n) is 7.21. The molecule has 0 spiro atoms. The van der Waals surface area contributed by atoms with Gasteiger partial charge in [-0.2, -0.15) is 13.2 Å². The van der Waals surface area contributed by atoms with Crippen LogP contribution >= 0.6 is 0 Å².